The zero-order chi connectivity index (χ0) is 16.9. The molecule has 0 spiro atoms. The molecule has 1 saturated heterocycles. The maximum atomic E-state index is 10.4. The molecule has 1 aromatic rings. The normalized spacial score (nSPS) is 18.8. The lowest BCUT2D eigenvalue weighted by Crippen LogP contribution is -2.41. The second-order valence-electron chi connectivity index (χ2n) is 6.82. The van der Waals surface area contributed by atoms with Crippen LogP contribution >= 0.6 is 0 Å². The van der Waals surface area contributed by atoms with E-state index in [-0.39, 0.29) is 0 Å². The Morgan fingerprint density at radius 3 is 2.61 bits per heavy atom. The van der Waals surface area contributed by atoms with E-state index < -0.39 is 6.10 Å². The predicted octanol–water partition coefficient (Wildman–Crippen LogP) is 2.43. The van der Waals surface area contributed by atoms with E-state index in [1.165, 1.54) is 6.42 Å². The summed E-state index contributed by atoms with van der Waals surface area (Å²) >= 11 is 0. The van der Waals surface area contributed by atoms with E-state index in [0.29, 0.717) is 12.0 Å². The molecule has 0 saturated carbocycles. The monoisotopic (exact) mass is 319 g/mol. The molecule has 1 aliphatic heterocycles. The zero-order valence-electron chi connectivity index (χ0n) is 14.7. The second-order valence-corrected chi connectivity index (χ2v) is 6.82. The van der Waals surface area contributed by atoms with Gasteiger partial charge in [-0.05, 0) is 36.5 Å². The summed E-state index contributed by atoms with van der Waals surface area (Å²) in [5.41, 5.74) is 1.18. The van der Waals surface area contributed by atoms with Gasteiger partial charge in [-0.25, -0.2) is 0 Å². The Morgan fingerprint density at radius 2 is 2.09 bits per heavy atom. The van der Waals surface area contributed by atoms with Gasteiger partial charge in [0.15, 0.2) is 5.96 Å². The molecule has 1 heterocycles. The molecule has 0 bridgehead atoms. The Balaban J connectivity index is 2.01. The Hall–Kier alpha value is -1.75. The third-order valence-electron chi connectivity index (χ3n) is 4.23. The highest BCUT2D eigenvalue weighted by molar-refractivity contribution is 5.80. The van der Waals surface area contributed by atoms with Crippen LogP contribution in [0.4, 0.5) is 0 Å². The van der Waals surface area contributed by atoms with Gasteiger partial charge in [-0.2, -0.15) is 0 Å². The van der Waals surface area contributed by atoms with E-state index in [4.69, 9.17) is 4.74 Å². The summed E-state index contributed by atoms with van der Waals surface area (Å²) in [5.74, 6) is 1.68. The molecule has 0 amide bonds. The number of nitrogens with one attached hydrogen (secondary N) is 1. The van der Waals surface area contributed by atoms with Crippen molar-refractivity contribution in [1.82, 2.24) is 10.2 Å². The highest BCUT2D eigenvalue weighted by Crippen LogP contribution is 2.28. The number of ether oxygens (including phenoxy) is 1. The van der Waals surface area contributed by atoms with E-state index in [0.717, 1.165) is 36.9 Å². The van der Waals surface area contributed by atoms with Crippen molar-refractivity contribution < 1.29 is 9.84 Å². The van der Waals surface area contributed by atoms with E-state index in [9.17, 15) is 5.11 Å². The lowest BCUT2D eigenvalue weighted by Gasteiger charge is -2.24. The van der Waals surface area contributed by atoms with Gasteiger partial charge in [0.1, 0.15) is 5.75 Å². The third-order valence-corrected chi connectivity index (χ3v) is 4.23. The summed E-state index contributed by atoms with van der Waals surface area (Å²) in [4.78, 5) is 6.91. The molecule has 0 aromatic heterocycles. The van der Waals surface area contributed by atoms with Crippen molar-refractivity contribution in [2.24, 2.45) is 10.4 Å². The largest absolute Gasteiger partial charge is 0.497 e. The first-order chi connectivity index (χ1) is 10.9. The Kier molecular flexibility index (Phi) is 5.88. The van der Waals surface area contributed by atoms with Gasteiger partial charge < -0.3 is 20.1 Å². The van der Waals surface area contributed by atoms with E-state index in [1.807, 2.05) is 24.3 Å². The number of benzene rings is 1. The van der Waals surface area contributed by atoms with Gasteiger partial charge in [-0.1, -0.05) is 26.0 Å². The van der Waals surface area contributed by atoms with E-state index in [2.05, 4.69) is 36.0 Å². The summed E-state index contributed by atoms with van der Waals surface area (Å²) in [6.45, 7) is 9.82. The summed E-state index contributed by atoms with van der Waals surface area (Å²) in [6.07, 6.45) is 0.559. The van der Waals surface area contributed by atoms with Gasteiger partial charge in [-0.3, -0.25) is 4.99 Å². The minimum Gasteiger partial charge on any atom is -0.497 e. The minimum absolute atomic E-state index is 0.324. The third kappa shape index (κ3) is 4.86. The van der Waals surface area contributed by atoms with Gasteiger partial charge in [-0.15, -0.1) is 0 Å². The molecule has 23 heavy (non-hydrogen) atoms. The second kappa shape index (κ2) is 7.68. The van der Waals surface area contributed by atoms with Crippen LogP contribution in [0.25, 0.3) is 0 Å². The van der Waals surface area contributed by atoms with Crippen molar-refractivity contribution in [1.29, 1.82) is 0 Å². The fraction of sp³-hybridized carbons (Fsp3) is 0.611. The maximum absolute atomic E-state index is 10.4. The first-order valence-electron chi connectivity index (χ1n) is 8.30. The first-order valence-corrected chi connectivity index (χ1v) is 8.30. The fourth-order valence-corrected chi connectivity index (χ4v) is 2.82. The van der Waals surface area contributed by atoms with E-state index >= 15 is 0 Å². The van der Waals surface area contributed by atoms with Crippen LogP contribution in [-0.4, -0.2) is 49.3 Å². The highest BCUT2D eigenvalue weighted by Gasteiger charge is 2.30. The van der Waals surface area contributed by atoms with Crippen LogP contribution in [0.1, 0.15) is 38.9 Å². The summed E-state index contributed by atoms with van der Waals surface area (Å²) in [6, 6.07) is 7.47. The number of rotatable bonds is 5. The smallest absolute Gasteiger partial charge is 0.194 e. The summed E-state index contributed by atoms with van der Waals surface area (Å²) < 4.78 is 5.14. The van der Waals surface area contributed by atoms with Gasteiger partial charge in [0.2, 0.25) is 0 Å². The maximum Gasteiger partial charge on any atom is 0.194 e. The lowest BCUT2D eigenvalue weighted by atomic mass is 9.93. The molecular formula is C18H29N3O2. The number of aliphatic imine (C=N–C) groups is 1. The number of hydrogen-bond donors (Lipinski definition) is 2. The van der Waals surface area contributed by atoms with Crippen LogP contribution in [0.5, 0.6) is 5.75 Å². The number of nitrogens with zero attached hydrogens (tertiary/aromatic N) is 2. The molecule has 2 rings (SSSR count). The van der Waals surface area contributed by atoms with Crippen molar-refractivity contribution in [3.8, 4) is 5.75 Å². The summed E-state index contributed by atoms with van der Waals surface area (Å²) in [7, 11) is 1.63. The van der Waals surface area contributed by atoms with E-state index in [1.54, 1.807) is 7.11 Å². The molecule has 1 atom stereocenters. The van der Waals surface area contributed by atoms with Gasteiger partial charge in [0.25, 0.3) is 0 Å². The molecule has 0 radical (unpaired) electrons. The number of hydrogen-bond acceptors (Lipinski definition) is 3. The van der Waals surface area contributed by atoms with Crippen LogP contribution < -0.4 is 10.1 Å². The van der Waals surface area contributed by atoms with Gasteiger partial charge >= 0.3 is 0 Å². The van der Waals surface area contributed by atoms with Crippen molar-refractivity contribution in [2.45, 2.75) is 33.3 Å². The van der Waals surface area contributed by atoms with Crippen LogP contribution in [-0.2, 0) is 0 Å². The van der Waals surface area contributed by atoms with Crippen LogP contribution in [0, 0.1) is 5.41 Å². The standard InChI is InChI=1S/C18H29N3O2/c1-5-19-17(21-11-10-18(2,3)13-21)20-12-16(22)14-6-8-15(23-4)9-7-14/h6-9,16,22H,5,10-13H2,1-4H3,(H,19,20). The predicted molar refractivity (Wildman–Crippen MR) is 93.9 cm³/mol. The van der Waals surface area contributed by atoms with Gasteiger partial charge in [0, 0.05) is 19.6 Å². The average Bonchev–Trinajstić information content (AvgIpc) is 2.91. The molecule has 128 valence electrons. The highest BCUT2D eigenvalue weighted by atomic mass is 16.5. The average molecular weight is 319 g/mol. The lowest BCUT2D eigenvalue weighted by molar-refractivity contribution is 0.186. The molecule has 2 N–H and O–H groups in total. The molecule has 5 nitrogen and oxygen atoms in total. The molecule has 1 fully saturated rings. The molecule has 1 aliphatic rings. The molecule has 0 aliphatic carbocycles. The zero-order valence-corrected chi connectivity index (χ0v) is 14.7. The van der Waals surface area contributed by atoms with Gasteiger partial charge in [0.05, 0.1) is 19.8 Å². The quantitative estimate of drug-likeness (QED) is 0.646. The van der Waals surface area contributed by atoms with Crippen LogP contribution in [0.3, 0.4) is 0 Å². The summed E-state index contributed by atoms with van der Waals surface area (Å²) in [5, 5.41) is 13.7. The van der Waals surface area contributed by atoms with Crippen molar-refractivity contribution in [2.75, 3.05) is 33.3 Å². The SMILES string of the molecule is CCNC(=NCC(O)c1ccc(OC)cc1)N1CCC(C)(C)C1. The number of methoxy groups -OCH3 is 1. The number of aliphatic hydroxyl groups excluding tert-OH is 1. The van der Waals surface area contributed by atoms with Crippen LogP contribution in [0.15, 0.2) is 29.3 Å². The fourth-order valence-electron chi connectivity index (χ4n) is 2.82. The number of guanidine groups is 1. The Labute approximate surface area is 139 Å². The van der Waals surface area contributed by atoms with Crippen LogP contribution in [0.2, 0.25) is 0 Å². The minimum atomic E-state index is -0.606. The topological polar surface area (TPSA) is 57.1 Å². The Bertz CT molecular complexity index is 526. The first kappa shape index (κ1) is 17.6. The molecule has 5 heteroatoms. The van der Waals surface area contributed by atoms with Crippen molar-refractivity contribution in [3.63, 3.8) is 0 Å². The number of aliphatic hydroxyl groups is 1. The number of likely N-dealkylation sites (tertiary alicyclic amines) is 1. The Morgan fingerprint density at radius 1 is 1.39 bits per heavy atom. The van der Waals surface area contributed by atoms with Crippen molar-refractivity contribution >= 4 is 5.96 Å². The molecule has 1 unspecified atom stereocenters. The molecular weight excluding hydrogens is 290 g/mol. The van der Waals surface area contributed by atoms with Crippen molar-refractivity contribution in [3.05, 3.63) is 29.8 Å². The molecule has 1 aromatic carbocycles.